The maximum atomic E-state index is 9.54. The highest BCUT2D eigenvalue weighted by molar-refractivity contribution is 5.26. The van der Waals surface area contributed by atoms with Crippen LogP contribution in [0.25, 0.3) is 0 Å². The first kappa shape index (κ1) is 11.3. The van der Waals surface area contributed by atoms with E-state index in [1.54, 1.807) is 0 Å². The number of rotatable bonds is 4. The second-order valence-electron chi connectivity index (χ2n) is 4.17. The Hall–Kier alpha value is -0.820. The van der Waals surface area contributed by atoms with Crippen molar-refractivity contribution in [1.82, 2.24) is 0 Å². The van der Waals surface area contributed by atoms with Gasteiger partial charge >= 0.3 is 0 Å². The van der Waals surface area contributed by atoms with Crippen LogP contribution in [0.3, 0.4) is 0 Å². The van der Waals surface area contributed by atoms with Gasteiger partial charge in [0.15, 0.2) is 0 Å². The molecule has 0 aliphatic carbocycles. The first-order chi connectivity index (χ1) is 6.63. The van der Waals surface area contributed by atoms with Crippen LogP contribution in [-0.4, -0.2) is 11.2 Å². The Bertz CT molecular complexity index is 278. The molecule has 0 amide bonds. The van der Waals surface area contributed by atoms with Gasteiger partial charge in [-0.25, -0.2) is 0 Å². The molecule has 0 saturated heterocycles. The molecule has 1 atom stereocenters. The van der Waals surface area contributed by atoms with Gasteiger partial charge in [0.1, 0.15) is 0 Å². The summed E-state index contributed by atoms with van der Waals surface area (Å²) < 4.78 is 0. The summed E-state index contributed by atoms with van der Waals surface area (Å²) in [5, 5.41) is 9.54. The monoisotopic (exact) mass is 192 g/mol. The third-order valence-corrected chi connectivity index (χ3v) is 2.56. The lowest BCUT2D eigenvalue weighted by molar-refractivity contribution is 0.171. The Balaban J connectivity index is 2.73. The SMILES string of the molecule is CC[C@H](O)Cc1cccc(C(C)C)c1. The molecule has 1 N–H and O–H groups in total. The fourth-order valence-electron chi connectivity index (χ4n) is 1.50. The van der Waals surface area contributed by atoms with Crippen molar-refractivity contribution in [3.05, 3.63) is 35.4 Å². The van der Waals surface area contributed by atoms with Gasteiger partial charge in [0.2, 0.25) is 0 Å². The molecule has 0 aliphatic rings. The minimum atomic E-state index is -0.197. The average molecular weight is 192 g/mol. The molecule has 0 aliphatic heterocycles. The standard InChI is InChI=1S/C13H20O/c1-4-13(14)9-11-6-5-7-12(8-11)10(2)3/h5-8,10,13-14H,4,9H2,1-3H3/t13-/m0/s1. The molecule has 0 bridgehead atoms. The summed E-state index contributed by atoms with van der Waals surface area (Å²) in [5.41, 5.74) is 2.59. The minimum absolute atomic E-state index is 0.197. The molecule has 0 saturated carbocycles. The van der Waals surface area contributed by atoms with Crippen molar-refractivity contribution in [3.8, 4) is 0 Å². The topological polar surface area (TPSA) is 20.2 Å². The van der Waals surface area contributed by atoms with Gasteiger partial charge in [-0.05, 0) is 29.9 Å². The summed E-state index contributed by atoms with van der Waals surface area (Å²) >= 11 is 0. The van der Waals surface area contributed by atoms with E-state index in [0.29, 0.717) is 5.92 Å². The first-order valence-electron chi connectivity index (χ1n) is 5.40. The Kier molecular flexibility index (Phi) is 4.15. The molecule has 0 spiro atoms. The molecule has 1 aromatic carbocycles. The molecule has 78 valence electrons. The van der Waals surface area contributed by atoms with E-state index in [-0.39, 0.29) is 6.10 Å². The van der Waals surface area contributed by atoms with Gasteiger partial charge in [0.05, 0.1) is 6.10 Å². The van der Waals surface area contributed by atoms with Crippen molar-refractivity contribution in [1.29, 1.82) is 0 Å². The van der Waals surface area contributed by atoms with Gasteiger partial charge in [-0.2, -0.15) is 0 Å². The van der Waals surface area contributed by atoms with Gasteiger partial charge in [0.25, 0.3) is 0 Å². The zero-order chi connectivity index (χ0) is 10.6. The van der Waals surface area contributed by atoms with Crippen LogP contribution in [0.5, 0.6) is 0 Å². The fraction of sp³-hybridized carbons (Fsp3) is 0.538. The van der Waals surface area contributed by atoms with Gasteiger partial charge < -0.3 is 5.11 Å². The molecule has 0 radical (unpaired) electrons. The van der Waals surface area contributed by atoms with Crippen LogP contribution in [0.15, 0.2) is 24.3 Å². The van der Waals surface area contributed by atoms with Crippen molar-refractivity contribution in [3.63, 3.8) is 0 Å². The van der Waals surface area contributed by atoms with Crippen molar-refractivity contribution in [2.24, 2.45) is 0 Å². The highest BCUT2D eigenvalue weighted by atomic mass is 16.3. The first-order valence-corrected chi connectivity index (χ1v) is 5.40. The quantitative estimate of drug-likeness (QED) is 0.777. The zero-order valence-electron chi connectivity index (χ0n) is 9.33. The van der Waals surface area contributed by atoms with Crippen molar-refractivity contribution in [2.75, 3.05) is 0 Å². The normalized spacial score (nSPS) is 13.2. The maximum Gasteiger partial charge on any atom is 0.0577 e. The zero-order valence-corrected chi connectivity index (χ0v) is 9.33. The van der Waals surface area contributed by atoms with Crippen LogP contribution in [0.4, 0.5) is 0 Å². The number of aliphatic hydroxyl groups excluding tert-OH is 1. The second kappa shape index (κ2) is 5.16. The lowest BCUT2D eigenvalue weighted by Crippen LogP contribution is -2.08. The Morgan fingerprint density at radius 3 is 2.57 bits per heavy atom. The van der Waals surface area contributed by atoms with E-state index < -0.39 is 0 Å². The molecule has 0 fully saturated rings. The molecule has 14 heavy (non-hydrogen) atoms. The summed E-state index contributed by atoms with van der Waals surface area (Å²) in [7, 11) is 0. The van der Waals surface area contributed by atoms with E-state index in [9.17, 15) is 5.11 Å². The molecule has 0 unspecified atom stereocenters. The number of aliphatic hydroxyl groups is 1. The molecule has 0 heterocycles. The average Bonchev–Trinajstić information content (AvgIpc) is 2.18. The van der Waals surface area contributed by atoms with E-state index in [4.69, 9.17) is 0 Å². The lowest BCUT2D eigenvalue weighted by atomic mass is 9.98. The summed E-state index contributed by atoms with van der Waals surface area (Å²) in [6, 6.07) is 8.51. The maximum absolute atomic E-state index is 9.54. The smallest absolute Gasteiger partial charge is 0.0577 e. The van der Waals surface area contributed by atoms with Gasteiger partial charge in [-0.1, -0.05) is 45.0 Å². The van der Waals surface area contributed by atoms with Crippen LogP contribution >= 0.6 is 0 Å². The van der Waals surface area contributed by atoms with Crippen LogP contribution < -0.4 is 0 Å². The van der Waals surface area contributed by atoms with Gasteiger partial charge in [-0.15, -0.1) is 0 Å². The number of hydrogen-bond donors (Lipinski definition) is 1. The Labute approximate surface area is 86.8 Å². The van der Waals surface area contributed by atoms with E-state index in [2.05, 4.69) is 38.1 Å². The minimum Gasteiger partial charge on any atom is -0.393 e. The van der Waals surface area contributed by atoms with E-state index in [1.165, 1.54) is 11.1 Å². The van der Waals surface area contributed by atoms with Crippen LogP contribution in [0, 0.1) is 0 Å². The van der Waals surface area contributed by atoms with E-state index >= 15 is 0 Å². The molecular formula is C13H20O. The third-order valence-electron chi connectivity index (χ3n) is 2.56. The summed E-state index contributed by atoms with van der Waals surface area (Å²) in [4.78, 5) is 0. The van der Waals surface area contributed by atoms with Gasteiger partial charge in [-0.3, -0.25) is 0 Å². The Morgan fingerprint density at radius 2 is 2.00 bits per heavy atom. The predicted molar refractivity (Wildman–Crippen MR) is 60.5 cm³/mol. The molecule has 1 rings (SSSR count). The van der Waals surface area contributed by atoms with Crippen molar-refractivity contribution < 1.29 is 5.11 Å². The van der Waals surface area contributed by atoms with Gasteiger partial charge in [0, 0.05) is 0 Å². The largest absolute Gasteiger partial charge is 0.393 e. The summed E-state index contributed by atoms with van der Waals surface area (Å²) in [6.45, 7) is 6.39. The van der Waals surface area contributed by atoms with Crippen molar-refractivity contribution >= 4 is 0 Å². The van der Waals surface area contributed by atoms with Crippen LogP contribution in [0.2, 0.25) is 0 Å². The van der Waals surface area contributed by atoms with Crippen molar-refractivity contribution in [2.45, 2.75) is 45.6 Å². The Morgan fingerprint density at radius 1 is 1.29 bits per heavy atom. The second-order valence-corrected chi connectivity index (χ2v) is 4.17. The lowest BCUT2D eigenvalue weighted by Gasteiger charge is -2.10. The molecule has 0 aromatic heterocycles. The highest BCUT2D eigenvalue weighted by Gasteiger charge is 2.04. The fourth-order valence-corrected chi connectivity index (χ4v) is 1.50. The number of benzene rings is 1. The predicted octanol–water partition coefficient (Wildman–Crippen LogP) is 3.12. The van der Waals surface area contributed by atoms with Crippen LogP contribution in [0.1, 0.15) is 44.2 Å². The molecular weight excluding hydrogens is 172 g/mol. The summed E-state index contributed by atoms with van der Waals surface area (Å²) in [5.74, 6) is 0.564. The number of hydrogen-bond acceptors (Lipinski definition) is 1. The van der Waals surface area contributed by atoms with E-state index in [0.717, 1.165) is 12.8 Å². The van der Waals surface area contributed by atoms with Crippen LogP contribution in [-0.2, 0) is 6.42 Å². The molecule has 1 nitrogen and oxygen atoms in total. The summed E-state index contributed by atoms with van der Waals surface area (Å²) in [6.07, 6.45) is 1.40. The third kappa shape index (κ3) is 3.15. The highest BCUT2D eigenvalue weighted by Crippen LogP contribution is 2.16. The van der Waals surface area contributed by atoms with E-state index in [1.807, 2.05) is 6.92 Å². The molecule has 1 aromatic rings. The molecule has 1 heteroatoms.